The van der Waals surface area contributed by atoms with Crippen LogP contribution in [0.2, 0.25) is 0 Å². The standard InChI is InChI=1S/C13H8F6N2O4/c14-12(15,16)5-1-2-6-7(3-5)9(10(24)13(17,18)19)20-21(11(6)25)4-8(22)23/h1-3,10,24H,4H2,(H,22,23). The van der Waals surface area contributed by atoms with Gasteiger partial charge in [-0.2, -0.15) is 31.4 Å². The first-order valence-electron chi connectivity index (χ1n) is 6.41. The molecule has 2 N–H and O–H groups in total. The second-order valence-electron chi connectivity index (χ2n) is 4.94. The predicted molar refractivity (Wildman–Crippen MR) is 69.7 cm³/mol. The summed E-state index contributed by atoms with van der Waals surface area (Å²) in [6, 6.07) is 1.31. The van der Waals surface area contributed by atoms with E-state index in [2.05, 4.69) is 5.10 Å². The fourth-order valence-electron chi connectivity index (χ4n) is 2.08. The quantitative estimate of drug-likeness (QED) is 0.808. The molecule has 0 fully saturated rings. The number of carboxylic acids is 1. The molecule has 0 aliphatic rings. The molecule has 0 saturated carbocycles. The smallest absolute Gasteiger partial charge is 0.420 e. The van der Waals surface area contributed by atoms with Crippen molar-refractivity contribution in [3.05, 3.63) is 39.8 Å². The highest BCUT2D eigenvalue weighted by Gasteiger charge is 2.42. The van der Waals surface area contributed by atoms with Crippen LogP contribution in [0.1, 0.15) is 17.4 Å². The molecule has 0 amide bonds. The van der Waals surface area contributed by atoms with Gasteiger partial charge >= 0.3 is 18.3 Å². The lowest BCUT2D eigenvalue weighted by Gasteiger charge is -2.18. The number of hydrogen-bond acceptors (Lipinski definition) is 4. The van der Waals surface area contributed by atoms with E-state index in [1.54, 1.807) is 0 Å². The number of rotatable bonds is 3. The zero-order chi connectivity index (χ0) is 19.2. The van der Waals surface area contributed by atoms with E-state index < -0.39 is 58.6 Å². The number of aliphatic hydroxyl groups is 1. The molecule has 6 nitrogen and oxygen atoms in total. The van der Waals surface area contributed by atoms with Crippen LogP contribution in [0.4, 0.5) is 26.3 Å². The van der Waals surface area contributed by atoms with E-state index in [0.717, 1.165) is 0 Å². The first-order valence-corrected chi connectivity index (χ1v) is 6.41. The first-order chi connectivity index (χ1) is 11.3. The fourth-order valence-corrected chi connectivity index (χ4v) is 2.08. The number of carboxylic acid groups (broad SMARTS) is 1. The molecule has 2 rings (SSSR count). The molecule has 1 heterocycles. The number of fused-ring (bicyclic) bond motifs is 1. The van der Waals surface area contributed by atoms with Crippen LogP contribution in [-0.4, -0.2) is 32.1 Å². The lowest BCUT2D eigenvalue weighted by Crippen LogP contribution is -2.31. The second-order valence-corrected chi connectivity index (χ2v) is 4.94. The summed E-state index contributed by atoms with van der Waals surface area (Å²) in [6.45, 7) is -1.13. The number of aliphatic carboxylic acids is 1. The lowest BCUT2D eigenvalue weighted by molar-refractivity contribution is -0.207. The van der Waals surface area contributed by atoms with Gasteiger partial charge in [0.05, 0.1) is 10.9 Å². The molecule has 2 aromatic rings. The summed E-state index contributed by atoms with van der Waals surface area (Å²) in [4.78, 5) is 22.7. The molecule has 136 valence electrons. The molecule has 1 aromatic heterocycles. The number of benzene rings is 1. The van der Waals surface area contributed by atoms with Crippen LogP contribution in [0, 0.1) is 0 Å². The van der Waals surface area contributed by atoms with Crippen LogP contribution >= 0.6 is 0 Å². The zero-order valence-corrected chi connectivity index (χ0v) is 11.9. The van der Waals surface area contributed by atoms with Crippen molar-refractivity contribution in [3.63, 3.8) is 0 Å². The molecule has 12 heteroatoms. The van der Waals surface area contributed by atoms with Crippen LogP contribution in [0.25, 0.3) is 10.8 Å². The Bertz CT molecular complexity index is 887. The second kappa shape index (κ2) is 6.02. The average Bonchev–Trinajstić information content (AvgIpc) is 2.46. The molecule has 1 atom stereocenters. The van der Waals surface area contributed by atoms with Gasteiger partial charge in [-0.05, 0) is 18.2 Å². The maximum atomic E-state index is 12.8. The normalized spacial score (nSPS) is 13.9. The average molecular weight is 370 g/mol. The van der Waals surface area contributed by atoms with Gasteiger partial charge in [-0.3, -0.25) is 9.59 Å². The highest BCUT2D eigenvalue weighted by atomic mass is 19.4. The van der Waals surface area contributed by atoms with Crippen molar-refractivity contribution in [2.45, 2.75) is 25.0 Å². The van der Waals surface area contributed by atoms with Gasteiger partial charge in [0.1, 0.15) is 12.2 Å². The van der Waals surface area contributed by atoms with E-state index >= 15 is 0 Å². The molecular formula is C13H8F6N2O4. The number of alkyl halides is 6. The van der Waals surface area contributed by atoms with Gasteiger partial charge in [0.2, 0.25) is 0 Å². The molecule has 1 unspecified atom stereocenters. The maximum Gasteiger partial charge on any atom is 0.420 e. The van der Waals surface area contributed by atoms with E-state index in [9.17, 15) is 41.0 Å². The van der Waals surface area contributed by atoms with Gasteiger partial charge in [-0.1, -0.05) is 0 Å². The van der Waals surface area contributed by atoms with Gasteiger partial charge in [0, 0.05) is 5.39 Å². The third-order valence-electron chi connectivity index (χ3n) is 3.17. The van der Waals surface area contributed by atoms with Crippen molar-refractivity contribution < 1.29 is 41.4 Å². The lowest BCUT2D eigenvalue weighted by atomic mass is 10.0. The minimum atomic E-state index is -5.29. The van der Waals surface area contributed by atoms with E-state index in [-0.39, 0.29) is 10.7 Å². The number of aliphatic hydroxyl groups excluding tert-OH is 1. The number of hydrogen-bond donors (Lipinski definition) is 2. The van der Waals surface area contributed by atoms with Crippen LogP contribution in [-0.2, 0) is 17.5 Å². The Hall–Kier alpha value is -2.63. The molecule has 25 heavy (non-hydrogen) atoms. The molecular weight excluding hydrogens is 362 g/mol. The fraction of sp³-hybridized carbons (Fsp3) is 0.308. The van der Waals surface area contributed by atoms with Crippen molar-refractivity contribution in [3.8, 4) is 0 Å². The van der Waals surface area contributed by atoms with Gasteiger partial charge < -0.3 is 10.2 Å². The largest absolute Gasteiger partial charge is 0.480 e. The Morgan fingerprint density at radius 1 is 1.16 bits per heavy atom. The molecule has 0 spiro atoms. The van der Waals surface area contributed by atoms with Gasteiger partial charge in [0.15, 0.2) is 6.10 Å². The molecule has 0 radical (unpaired) electrons. The van der Waals surface area contributed by atoms with E-state index in [1.807, 2.05) is 0 Å². The Morgan fingerprint density at radius 2 is 1.76 bits per heavy atom. The Labute approximate surface area is 133 Å². The zero-order valence-electron chi connectivity index (χ0n) is 11.9. The van der Waals surface area contributed by atoms with Crippen molar-refractivity contribution in [2.24, 2.45) is 0 Å². The Balaban J connectivity index is 2.87. The van der Waals surface area contributed by atoms with E-state index in [0.29, 0.717) is 12.1 Å². The Kier molecular flexibility index (Phi) is 4.51. The number of aromatic nitrogens is 2. The first kappa shape index (κ1) is 18.7. The third-order valence-corrected chi connectivity index (χ3v) is 3.17. The predicted octanol–water partition coefficient (Wildman–Crippen LogP) is 2.10. The van der Waals surface area contributed by atoms with Crippen LogP contribution in [0.15, 0.2) is 23.0 Å². The van der Waals surface area contributed by atoms with E-state index in [4.69, 9.17) is 5.11 Å². The summed E-state index contributed by atoms with van der Waals surface area (Å²) in [6.07, 6.45) is -13.5. The topological polar surface area (TPSA) is 92.4 Å². The van der Waals surface area contributed by atoms with Crippen molar-refractivity contribution >= 4 is 16.7 Å². The van der Waals surface area contributed by atoms with Crippen LogP contribution in [0.3, 0.4) is 0 Å². The minimum absolute atomic E-state index is 0.127. The summed E-state index contributed by atoms with van der Waals surface area (Å²) in [5, 5.41) is 19.6. The minimum Gasteiger partial charge on any atom is -0.480 e. The third kappa shape index (κ3) is 3.73. The molecule has 0 aliphatic heterocycles. The molecule has 0 saturated heterocycles. The summed E-state index contributed by atoms with van der Waals surface area (Å²) >= 11 is 0. The summed E-state index contributed by atoms with van der Waals surface area (Å²) in [5.74, 6) is -1.62. The number of nitrogens with zero attached hydrogens (tertiary/aromatic N) is 2. The van der Waals surface area contributed by atoms with Crippen molar-refractivity contribution in [1.29, 1.82) is 0 Å². The van der Waals surface area contributed by atoms with Crippen LogP contribution < -0.4 is 5.56 Å². The van der Waals surface area contributed by atoms with Crippen LogP contribution in [0.5, 0.6) is 0 Å². The van der Waals surface area contributed by atoms with Gasteiger partial charge in [-0.25, -0.2) is 4.68 Å². The number of carbonyl (C=O) groups is 1. The summed E-state index contributed by atoms with van der Waals surface area (Å²) in [7, 11) is 0. The summed E-state index contributed by atoms with van der Waals surface area (Å²) < 4.78 is 76.8. The van der Waals surface area contributed by atoms with E-state index in [1.165, 1.54) is 0 Å². The highest BCUT2D eigenvalue weighted by Crippen LogP contribution is 2.36. The van der Waals surface area contributed by atoms with Gasteiger partial charge in [-0.15, -0.1) is 0 Å². The van der Waals surface area contributed by atoms with Crippen molar-refractivity contribution in [1.82, 2.24) is 9.78 Å². The summed E-state index contributed by atoms with van der Waals surface area (Å²) in [5.41, 5.74) is -3.86. The van der Waals surface area contributed by atoms with Gasteiger partial charge in [0.25, 0.3) is 5.56 Å². The SMILES string of the molecule is O=C(O)Cn1nc(C(O)C(F)(F)F)c2cc(C(F)(F)F)ccc2c1=O. The Morgan fingerprint density at radius 3 is 2.24 bits per heavy atom. The maximum absolute atomic E-state index is 12.8. The molecule has 1 aromatic carbocycles. The van der Waals surface area contributed by atoms with Crippen molar-refractivity contribution in [2.75, 3.05) is 0 Å². The molecule has 0 aliphatic carbocycles. The molecule has 0 bridgehead atoms. The highest BCUT2D eigenvalue weighted by molar-refractivity contribution is 5.85. The monoisotopic (exact) mass is 370 g/mol. The number of halogens is 6.